The van der Waals surface area contributed by atoms with Gasteiger partial charge >= 0.3 is 0 Å². The van der Waals surface area contributed by atoms with Crippen LogP contribution in [0.1, 0.15) is 34.9 Å². The Bertz CT molecular complexity index is 888. The lowest BCUT2D eigenvalue weighted by Gasteiger charge is -2.08. The van der Waals surface area contributed by atoms with Gasteiger partial charge in [0.05, 0.1) is 11.7 Å². The van der Waals surface area contributed by atoms with Gasteiger partial charge in [0.2, 0.25) is 5.91 Å². The molecule has 0 fully saturated rings. The van der Waals surface area contributed by atoms with Crippen molar-refractivity contribution in [2.45, 2.75) is 47.2 Å². The largest absolute Gasteiger partial charge is 0.358 e. The Morgan fingerprint density at radius 2 is 2.04 bits per heavy atom. The van der Waals surface area contributed by atoms with Crippen molar-refractivity contribution in [1.29, 1.82) is 0 Å². The highest BCUT2D eigenvalue weighted by Crippen LogP contribution is 2.26. The molecule has 0 saturated heterocycles. The number of carbonyl (C=O) groups excluding carboxylic acids is 1. The molecule has 2 N–H and O–H groups in total. The maximum Gasteiger partial charge on any atom is 0.241 e. The summed E-state index contributed by atoms with van der Waals surface area (Å²) >= 11 is 0. The predicted octanol–water partition coefficient (Wildman–Crippen LogP) is 3.17. The smallest absolute Gasteiger partial charge is 0.241 e. The first-order chi connectivity index (χ1) is 11.5. The molecular weight excluding hydrogens is 300 g/mol. The maximum atomic E-state index is 12.2. The third kappa shape index (κ3) is 3.20. The van der Waals surface area contributed by atoms with Crippen molar-refractivity contribution in [3.05, 3.63) is 52.5 Å². The number of carbonyl (C=O) groups is 1. The van der Waals surface area contributed by atoms with Gasteiger partial charge in [0.25, 0.3) is 0 Å². The van der Waals surface area contributed by atoms with Gasteiger partial charge in [-0.25, -0.2) is 0 Å². The van der Waals surface area contributed by atoms with E-state index in [1.807, 2.05) is 13.1 Å². The number of fused-ring (bicyclic) bond motifs is 1. The van der Waals surface area contributed by atoms with E-state index in [1.54, 1.807) is 10.9 Å². The number of nitrogens with zero attached hydrogens (tertiary/aromatic N) is 2. The fourth-order valence-electron chi connectivity index (χ4n) is 3.16. The number of aryl methyl sites for hydroxylation is 4. The van der Waals surface area contributed by atoms with Crippen molar-refractivity contribution in [3.8, 4) is 0 Å². The van der Waals surface area contributed by atoms with Crippen molar-refractivity contribution in [2.75, 3.05) is 0 Å². The van der Waals surface area contributed by atoms with E-state index in [9.17, 15) is 4.79 Å². The second-order valence-electron chi connectivity index (χ2n) is 6.42. The van der Waals surface area contributed by atoms with Crippen molar-refractivity contribution in [3.63, 3.8) is 0 Å². The average Bonchev–Trinajstić information content (AvgIpc) is 3.09. The molecule has 3 rings (SSSR count). The number of benzene rings is 1. The zero-order valence-electron chi connectivity index (χ0n) is 14.7. The highest BCUT2D eigenvalue weighted by Gasteiger charge is 2.12. The molecule has 0 atom stereocenters. The second kappa shape index (κ2) is 6.51. The van der Waals surface area contributed by atoms with Crippen LogP contribution in [0.25, 0.3) is 10.9 Å². The number of amides is 1. The Hall–Kier alpha value is -2.56. The van der Waals surface area contributed by atoms with E-state index < -0.39 is 0 Å². The molecule has 0 bridgehead atoms. The van der Waals surface area contributed by atoms with E-state index in [0.717, 1.165) is 23.1 Å². The van der Waals surface area contributed by atoms with Crippen molar-refractivity contribution in [1.82, 2.24) is 20.1 Å². The molecule has 3 aromatic rings. The van der Waals surface area contributed by atoms with Gasteiger partial charge in [-0.1, -0.05) is 18.6 Å². The summed E-state index contributed by atoms with van der Waals surface area (Å²) in [5.41, 5.74) is 7.07. The zero-order chi connectivity index (χ0) is 17.3. The Balaban J connectivity index is 1.78. The normalized spacial score (nSPS) is 11.2. The summed E-state index contributed by atoms with van der Waals surface area (Å²) in [5.74, 6) is -0.0354. The van der Waals surface area contributed by atoms with E-state index in [4.69, 9.17) is 0 Å². The molecule has 0 spiro atoms. The highest BCUT2D eigenvalue weighted by molar-refractivity contribution is 5.88. The molecule has 2 heterocycles. The van der Waals surface area contributed by atoms with Crippen LogP contribution in [-0.2, 0) is 24.3 Å². The van der Waals surface area contributed by atoms with Crippen molar-refractivity contribution in [2.24, 2.45) is 0 Å². The van der Waals surface area contributed by atoms with E-state index >= 15 is 0 Å². The van der Waals surface area contributed by atoms with E-state index in [2.05, 4.69) is 48.3 Å². The van der Waals surface area contributed by atoms with Crippen LogP contribution in [0, 0.1) is 20.8 Å². The van der Waals surface area contributed by atoms with Crippen LogP contribution in [0.5, 0.6) is 0 Å². The molecule has 1 aromatic carbocycles. The number of aromatic nitrogens is 3. The van der Waals surface area contributed by atoms with Crippen LogP contribution in [0.2, 0.25) is 0 Å². The molecule has 5 heteroatoms. The first-order valence-electron chi connectivity index (χ1n) is 8.34. The van der Waals surface area contributed by atoms with Gasteiger partial charge in [-0.3, -0.25) is 9.48 Å². The average molecular weight is 324 g/mol. The summed E-state index contributed by atoms with van der Waals surface area (Å²) in [5, 5.41) is 8.40. The first kappa shape index (κ1) is 16.3. The molecule has 0 unspecified atom stereocenters. The van der Waals surface area contributed by atoms with Crippen LogP contribution in [-0.4, -0.2) is 20.7 Å². The third-order valence-corrected chi connectivity index (χ3v) is 4.39. The highest BCUT2D eigenvalue weighted by atomic mass is 16.2. The van der Waals surface area contributed by atoms with Crippen molar-refractivity contribution < 1.29 is 4.79 Å². The number of nitrogens with one attached hydrogen (secondary N) is 2. The van der Waals surface area contributed by atoms with Crippen LogP contribution in [0.15, 0.2) is 24.5 Å². The minimum atomic E-state index is -0.0354. The molecule has 2 aromatic heterocycles. The van der Waals surface area contributed by atoms with E-state index in [1.165, 1.54) is 22.2 Å². The SMILES string of the molecule is CCc1[nH]c2c(CNC(=O)Cn3cc(C)cn3)cc(C)cc2c1C. The topological polar surface area (TPSA) is 62.7 Å². The summed E-state index contributed by atoms with van der Waals surface area (Å²) in [6.45, 7) is 9.11. The van der Waals surface area contributed by atoms with E-state index in [0.29, 0.717) is 6.54 Å². The quantitative estimate of drug-likeness (QED) is 0.757. The van der Waals surface area contributed by atoms with Crippen molar-refractivity contribution >= 4 is 16.8 Å². The number of aromatic amines is 1. The monoisotopic (exact) mass is 324 g/mol. The summed E-state index contributed by atoms with van der Waals surface area (Å²) in [6.07, 6.45) is 4.60. The molecular formula is C19H24N4O. The van der Waals surface area contributed by atoms with Gasteiger partial charge in [-0.15, -0.1) is 0 Å². The molecule has 24 heavy (non-hydrogen) atoms. The Kier molecular flexibility index (Phi) is 4.42. The molecule has 0 aliphatic rings. The van der Waals surface area contributed by atoms with Crippen LogP contribution in [0.4, 0.5) is 0 Å². The van der Waals surface area contributed by atoms with Crippen LogP contribution < -0.4 is 5.32 Å². The number of hydrogen-bond acceptors (Lipinski definition) is 2. The lowest BCUT2D eigenvalue weighted by molar-refractivity contribution is -0.122. The first-order valence-corrected chi connectivity index (χ1v) is 8.34. The van der Waals surface area contributed by atoms with Gasteiger partial charge in [-0.05, 0) is 49.9 Å². The summed E-state index contributed by atoms with van der Waals surface area (Å²) in [7, 11) is 0. The minimum absolute atomic E-state index is 0.0354. The fraction of sp³-hybridized carbons (Fsp3) is 0.368. The second-order valence-corrected chi connectivity index (χ2v) is 6.42. The van der Waals surface area contributed by atoms with Gasteiger partial charge in [0, 0.05) is 23.8 Å². The molecule has 0 aliphatic carbocycles. The summed E-state index contributed by atoms with van der Waals surface area (Å²) < 4.78 is 1.66. The van der Waals surface area contributed by atoms with Gasteiger partial charge < -0.3 is 10.3 Å². The summed E-state index contributed by atoms with van der Waals surface area (Å²) in [6, 6.07) is 4.34. The standard InChI is InChI=1S/C19H24N4O/c1-5-17-14(4)16-7-12(2)6-15(19(16)22-17)9-20-18(24)11-23-10-13(3)8-21-23/h6-8,10,22H,5,9,11H2,1-4H3,(H,20,24). The molecule has 5 nitrogen and oxygen atoms in total. The molecule has 0 saturated carbocycles. The number of rotatable bonds is 5. The molecule has 126 valence electrons. The summed E-state index contributed by atoms with van der Waals surface area (Å²) in [4.78, 5) is 15.7. The van der Waals surface area contributed by atoms with Gasteiger partial charge in [0.15, 0.2) is 0 Å². The lowest BCUT2D eigenvalue weighted by Crippen LogP contribution is -2.27. The lowest BCUT2D eigenvalue weighted by atomic mass is 10.0. The maximum absolute atomic E-state index is 12.2. The molecule has 1 amide bonds. The van der Waals surface area contributed by atoms with Crippen LogP contribution in [0.3, 0.4) is 0 Å². The number of H-pyrrole nitrogens is 1. The van der Waals surface area contributed by atoms with Crippen LogP contribution >= 0.6 is 0 Å². The zero-order valence-corrected chi connectivity index (χ0v) is 14.7. The minimum Gasteiger partial charge on any atom is -0.358 e. The molecule has 0 aliphatic heterocycles. The fourth-order valence-corrected chi connectivity index (χ4v) is 3.16. The molecule has 0 radical (unpaired) electrons. The Morgan fingerprint density at radius 3 is 2.71 bits per heavy atom. The third-order valence-electron chi connectivity index (χ3n) is 4.39. The Morgan fingerprint density at radius 1 is 1.25 bits per heavy atom. The Labute approximate surface area is 142 Å². The van der Waals surface area contributed by atoms with Gasteiger partial charge in [-0.2, -0.15) is 5.10 Å². The van der Waals surface area contributed by atoms with Gasteiger partial charge in [0.1, 0.15) is 6.54 Å². The predicted molar refractivity (Wildman–Crippen MR) is 96.0 cm³/mol. The number of hydrogen-bond donors (Lipinski definition) is 2. The van der Waals surface area contributed by atoms with E-state index in [-0.39, 0.29) is 12.5 Å².